The van der Waals surface area contributed by atoms with Crippen molar-refractivity contribution in [2.45, 2.75) is 32.8 Å². The van der Waals surface area contributed by atoms with Gasteiger partial charge in [-0.1, -0.05) is 17.7 Å². The first kappa shape index (κ1) is 13.0. The number of nitrogens with one attached hydrogen (secondary N) is 1. The number of aromatic amines is 1. The number of halogens is 1. The number of carbonyl (C=O) groups is 1. The third-order valence-electron chi connectivity index (χ3n) is 2.49. The van der Waals surface area contributed by atoms with Crippen molar-refractivity contribution in [3.8, 4) is 0 Å². The van der Waals surface area contributed by atoms with Gasteiger partial charge in [0.15, 0.2) is 0 Å². The fourth-order valence-corrected chi connectivity index (χ4v) is 2.18. The molecule has 0 bridgehead atoms. The van der Waals surface area contributed by atoms with Gasteiger partial charge in [0.2, 0.25) is 0 Å². The van der Waals surface area contributed by atoms with Gasteiger partial charge in [0.1, 0.15) is 5.60 Å². The monoisotopic (exact) mass is 265 g/mol. The Labute approximate surface area is 111 Å². The lowest BCUT2D eigenvalue weighted by Gasteiger charge is -2.19. The van der Waals surface area contributed by atoms with Gasteiger partial charge in [0.25, 0.3) is 0 Å². The molecule has 1 aromatic carbocycles. The number of benzene rings is 1. The minimum absolute atomic E-state index is 0.223. The zero-order chi connectivity index (χ0) is 13.3. The van der Waals surface area contributed by atoms with E-state index in [4.69, 9.17) is 16.3 Å². The number of carbonyl (C=O) groups excluding carboxylic acids is 1. The minimum Gasteiger partial charge on any atom is -0.460 e. The van der Waals surface area contributed by atoms with Crippen molar-refractivity contribution in [2.24, 2.45) is 0 Å². The summed E-state index contributed by atoms with van der Waals surface area (Å²) in [4.78, 5) is 14.9. The number of fused-ring (bicyclic) bond motifs is 1. The van der Waals surface area contributed by atoms with Crippen LogP contribution in [0.5, 0.6) is 0 Å². The lowest BCUT2D eigenvalue weighted by atomic mass is 10.1. The van der Waals surface area contributed by atoms with Crippen LogP contribution in [0.25, 0.3) is 10.9 Å². The fraction of sp³-hybridized carbons (Fsp3) is 0.357. The van der Waals surface area contributed by atoms with E-state index in [-0.39, 0.29) is 12.4 Å². The number of hydrogen-bond acceptors (Lipinski definition) is 2. The van der Waals surface area contributed by atoms with Crippen molar-refractivity contribution in [2.75, 3.05) is 0 Å². The van der Waals surface area contributed by atoms with E-state index in [1.165, 1.54) is 0 Å². The summed E-state index contributed by atoms with van der Waals surface area (Å²) in [6.45, 7) is 5.56. The zero-order valence-corrected chi connectivity index (χ0v) is 11.5. The third kappa shape index (κ3) is 2.85. The van der Waals surface area contributed by atoms with Crippen LogP contribution in [-0.4, -0.2) is 16.6 Å². The van der Waals surface area contributed by atoms with Gasteiger partial charge in [-0.2, -0.15) is 0 Å². The van der Waals surface area contributed by atoms with Crippen molar-refractivity contribution in [1.29, 1.82) is 0 Å². The van der Waals surface area contributed by atoms with Crippen LogP contribution in [-0.2, 0) is 16.0 Å². The Kier molecular flexibility index (Phi) is 3.35. The first-order chi connectivity index (χ1) is 8.37. The van der Waals surface area contributed by atoms with Crippen molar-refractivity contribution < 1.29 is 9.53 Å². The molecule has 1 aromatic heterocycles. The summed E-state index contributed by atoms with van der Waals surface area (Å²) >= 11 is 6.15. The summed E-state index contributed by atoms with van der Waals surface area (Å²) in [6, 6.07) is 5.62. The van der Waals surface area contributed by atoms with Gasteiger partial charge in [0.05, 0.1) is 11.4 Å². The Morgan fingerprint density at radius 3 is 2.78 bits per heavy atom. The number of esters is 1. The van der Waals surface area contributed by atoms with E-state index in [9.17, 15) is 4.79 Å². The Hall–Kier alpha value is -1.48. The number of aromatic nitrogens is 1. The average Bonchev–Trinajstić information content (AvgIpc) is 2.59. The summed E-state index contributed by atoms with van der Waals surface area (Å²) in [5.74, 6) is -0.247. The molecule has 1 heterocycles. The highest BCUT2D eigenvalue weighted by molar-refractivity contribution is 6.35. The average molecular weight is 266 g/mol. The second kappa shape index (κ2) is 4.65. The van der Waals surface area contributed by atoms with Gasteiger partial charge >= 0.3 is 5.97 Å². The van der Waals surface area contributed by atoms with E-state index in [0.29, 0.717) is 5.02 Å². The molecule has 2 rings (SSSR count). The second-order valence-electron chi connectivity index (χ2n) is 5.24. The molecule has 0 amide bonds. The largest absolute Gasteiger partial charge is 0.460 e. The molecule has 0 atom stereocenters. The normalized spacial score (nSPS) is 11.8. The Bertz CT molecular complexity index is 581. The van der Waals surface area contributed by atoms with Crippen LogP contribution < -0.4 is 0 Å². The zero-order valence-electron chi connectivity index (χ0n) is 10.7. The first-order valence-electron chi connectivity index (χ1n) is 5.83. The molecule has 0 fully saturated rings. The van der Waals surface area contributed by atoms with E-state index in [2.05, 4.69) is 4.98 Å². The standard InChI is InChI=1S/C14H16ClNO2/c1-14(2,3)18-12(17)7-9-8-16-11-6-4-5-10(15)13(9)11/h4-6,8,16H,7H2,1-3H3. The quantitative estimate of drug-likeness (QED) is 0.841. The Morgan fingerprint density at radius 1 is 1.39 bits per heavy atom. The predicted octanol–water partition coefficient (Wildman–Crippen LogP) is 3.71. The molecule has 2 aromatic rings. The molecule has 0 saturated carbocycles. The minimum atomic E-state index is -0.465. The summed E-state index contributed by atoms with van der Waals surface area (Å²) in [5, 5.41) is 1.54. The molecule has 0 aliphatic rings. The molecule has 1 N–H and O–H groups in total. The highest BCUT2D eigenvalue weighted by atomic mass is 35.5. The summed E-state index contributed by atoms with van der Waals surface area (Å²) < 4.78 is 5.30. The van der Waals surface area contributed by atoms with Crippen molar-refractivity contribution in [3.63, 3.8) is 0 Å². The van der Waals surface area contributed by atoms with Gasteiger partial charge in [-0.25, -0.2) is 0 Å². The molecule has 0 aliphatic heterocycles. The van der Waals surface area contributed by atoms with Gasteiger partial charge in [-0.15, -0.1) is 0 Å². The predicted molar refractivity (Wildman–Crippen MR) is 72.9 cm³/mol. The SMILES string of the molecule is CC(C)(C)OC(=O)Cc1c[nH]c2cccc(Cl)c12. The van der Waals surface area contributed by atoms with E-state index in [1.54, 1.807) is 6.20 Å². The molecule has 0 saturated heterocycles. The van der Waals surface area contributed by atoms with Crippen LogP contribution in [0.3, 0.4) is 0 Å². The lowest BCUT2D eigenvalue weighted by molar-refractivity contribution is -0.153. The van der Waals surface area contributed by atoms with Gasteiger partial charge in [0, 0.05) is 17.1 Å². The summed E-state index contributed by atoms with van der Waals surface area (Å²) in [7, 11) is 0. The molecule has 18 heavy (non-hydrogen) atoms. The second-order valence-corrected chi connectivity index (χ2v) is 5.65. The van der Waals surface area contributed by atoms with Crippen molar-refractivity contribution in [1.82, 2.24) is 4.98 Å². The molecule has 0 aliphatic carbocycles. The Morgan fingerprint density at radius 2 is 2.11 bits per heavy atom. The molecular weight excluding hydrogens is 250 g/mol. The van der Waals surface area contributed by atoms with Crippen LogP contribution in [0.1, 0.15) is 26.3 Å². The molecule has 0 radical (unpaired) electrons. The van der Waals surface area contributed by atoms with Crippen molar-refractivity contribution in [3.05, 3.63) is 35.0 Å². The van der Waals surface area contributed by atoms with Gasteiger partial charge < -0.3 is 9.72 Å². The number of hydrogen-bond donors (Lipinski definition) is 1. The fourth-order valence-electron chi connectivity index (χ4n) is 1.88. The van der Waals surface area contributed by atoms with Crippen LogP contribution >= 0.6 is 11.6 Å². The van der Waals surface area contributed by atoms with E-state index >= 15 is 0 Å². The van der Waals surface area contributed by atoms with E-state index in [1.807, 2.05) is 39.0 Å². The lowest BCUT2D eigenvalue weighted by Crippen LogP contribution is -2.24. The first-order valence-corrected chi connectivity index (χ1v) is 6.21. The number of ether oxygens (including phenoxy) is 1. The summed E-state index contributed by atoms with van der Waals surface area (Å²) in [6.07, 6.45) is 2.03. The maximum Gasteiger partial charge on any atom is 0.310 e. The van der Waals surface area contributed by atoms with Gasteiger partial charge in [-0.05, 0) is 38.5 Å². The van der Waals surface area contributed by atoms with Crippen LogP contribution in [0.15, 0.2) is 24.4 Å². The van der Waals surface area contributed by atoms with E-state index in [0.717, 1.165) is 16.5 Å². The third-order valence-corrected chi connectivity index (χ3v) is 2.81. The summed E-state index contributed by atoms with van der Waals surface area (Å²) in [5.41, 5.74) is 1.33. The van der Waals surface area contributed by atoms with Crippen molar-refractivity contribution >= 4 is 28.5 Å². The van der Waals surface area contributed by atoms with Crippen LogP contribution in [0.2, 0.25) is 5.02 Å². The van der Waals surface area contributed by atoms with E-state index < -0.39 is 5.60 Å². The van der Waals surface area contributed by atoms with Crippen LogP contribution in [0.4, 0.5) is 0 Å². The van der Waals surface area contributed by atoms with Gasteiger partial charge in [-0.3, -0.25) is 4.79 Å². The molecule has 4 heteroatoms. The number of rotatable bonds is 2. The maximum absolute atomic E-state index is 11.8. The van der Waals surface area contributed by atoms with Crippen LogP contribution in [0, 0.1) is 0 Å². The highest BCUT2D eigenvalue weighted by Crippen LogP contribution is 2.27. The molecule has 0 unspecified atom stereocenters. The Balaban J connectivity index is 2.25. The topological polar surface area (TPSA) is 42.1 Å². The molecule has 0 spiro atoms. The molecule has 96 valence electrons. The smallest absolute Gasteiger partial charge is 0.310 e. The maximum atomic E-state index is 11.8. The number of H-pyrrole nitrogens is 1. The molecule has 3 nitrogen and oxygen atoms in total. The highest BCUT2D eigenvalue weighted by Gasteiger charge is 2.18. The molecular formula is C14H16ClNO2.